The second kappa shape index (κ2) is 7.40. The molecule has 0 bridgehead atoms. The molecule has 2 aromatic rings. The Bertz CT molecular complexity index is 835. The Labute approximate surface area is 158 Å². The SMILES string of the molecule is Cc1cc(O)c(-c2nnc(N[C@@H]3CCCN(C)C3)c3c2COCC3)c(F)c1. The van der Waals surface area contributed by atoms with Crippen molar-refractivity contribution in [3.63, 3.8) is 0 Å². The molecule has 0 radical (unpaired) electrons. The van der Waals surface area contributed by atoms with Crippen molar-refractivity contribution in [3.8, 4) is 17.0 Å². The number of aromatic hydroxyl groups is 1. The van der Waals surface area contributed by atoms with Crippen LogP contribution in [0.25, 0.3) is 11.3 Å². The molecule has 0 amide bonds. The van der Waals surface area contributed by atoms with Gasteiger partial charge in [0, 0.05) is 23.7 Å². The van der Waals surface area contributed by atoms with Gasteiger partial charge in [0.05, 0.1) is 18.8 Å². The number of phenols is 1. The normalized spacial score (nSPS) is 20.3. The fourth-order valence-corrected chi connectivity index (χ4v) is 4.03. The average molecular weight is 372 g/mol. The van der Waals surface area contributed by atoms with Gasteiger partial charge in [-0.1, -0.05) is 0 Å². The number of benzene rings is 1. The van der Waals surface area contributed by atoms with Crippen LogP contribution in [0, 0.1) is 12.7 Å². The number of aryl methyl sites for hydroxylation is 1. The number of fused-ring (bicyclic) bond motifs is 1. The number of phenolic OH excluding ortho intramolecular Hbond substituents is 1. The molecule has 2 aliphatic rings. The number of ether oxygens (including phenoxy) is 1. The summed E-state index contributed by atoms with van der Waals surface area (Å²) in [6.45, 7) is 4.75. The highest BCUT2D eigenvalue weighted by molar-refractivity contribution is 5.73. The lowest BCUT2D eigenvalue weighted by Gasteiger charge is -2.31. The van der Waals surface area contributed by atoms with E-state index in [1.54, 1.807) is 13.0 Å². The minimum Gasteiger partial charge on any atom is -0.507 e. The summed E-state index contributed by atoms with van der Waals surface area (Å²) in [5, 5.41) is 22.5. The third-order valence-electron chi connectivity index (χ3n) is 5.34. The Morgan fingerprint density at radius 1 is 1.30 bits per heavy atom. The van der Waals surface area contributed by atoms with E-state index in [4.69, 9.17) is 4.74 Å². The maximum Gasteiger partial charge on any atom is 0.152 e. The molecule has 1 aromatic carbocycles. The van der Waals surface area contributed by atoms with Gasteiger partial charge in [0.1, 0.15) is 17.3 Å². The first-order valence-corrected chi connectivity index (χ1v) is 9.43. The number of anilines is 1. The third kappa shape index (κ3) is 3.61. The van der Waals surface area contributed by atoms with Gasteiger partial charge in [-0.3, -0.25) is 0 Å². The number of hydrogen-bond acceptors (Lipinski definition) is 6. The highest BCUT2D eigenvalue weighted by Gasteiger charge is 2.26. The van der Waals surface area contributed by atoms with Crippen LogP contribution in [0.1, 0.15) is 29.5 Å². The summed E-state index contributed by atoms with van der Waals surface area (Å²) in [6, 6.07) is 3.26. The van der Waals surface area contributed by atoms with E-state index in [1.165, 1.54) is 6.07 Å². The molecule has 1 saturated heterocycles. The zero-order valence-electron chi connectivity index (χ0n) is 15.8. The Balaban J connectivity index is 1.73. The summed E-state index contributed by atoms with van der Waals surface area (Å²) in [5.74, 6) is 0.137. The highest BCUT2D eigenvalue weighted by Crippen LogP contribution is 2.37. The number of likely N-dealkylation sites (tertiary alicyclic amines) is 1. The molecule has 0 saturated carbocycles. The Hall–Kier alpha value is -2.25. The fraction of sp³-hybridized carbons (Fsp3) is 0.500. The number of hydrogen-bond donors (Lipinski definition) is 2. The molecular formula is C20H25FN4O2. The quantitative estimate of drug-likeness (QED) is 0.863. The third-order valence-corrected chi connectivity index (χ3v) is 5.34. The number of piperidine rings is 1. The molecule has 2 aliphatic heterocycles. The molecule has 27 heavy (non-hydrogen) atoms. The number of rotatable bonds is 3. The molecular weight excluding hydrogens is 347 g/mol. The summed E-state index contributed by atoms with van der Waals surface area (Å²) in [4.78, 5) is 2.30. The predicted octanol–water partition coefficient (Wildman–Crippen LogP) is 2.88. The lowest BCUT2D eigenvalue weighted by molar-refractivity contribution is 0.111. The first-order valence-electron chi connectivity index (χ1n) is 9.43. The standard InChI is InChI=1S/C20H25FN4O2/c1-12-8-16(21)18(17(26)9-12)19-15-11-27-7-5-14(15)20(24-23-19)22-13-4-3-6-25(2)10-13/h8-9,13,26H,3-7,10-11H2,1-2H3,(H,22,24)/t13-/m1/s1. The molecule has 7 heteroatoms. The summed E-state index contributed by atoms with van der Waals surface area (Å²) >= 11 is 0. The molecule has 144 valence electrons. The van der Waals surface area contributed by atoms with E-state index in [2.05, 4.69) is 27.5 Å². The van der Waals surface area contributed by atoms with E-state index in [9.17, 15) is 9.50 Å². The van der Waals surface area contributed by atoms with Crippen molar-refractivity contribution in [2.45, 2.75) is 38.8 Å². The van der Waals surface area contributed by atoms with Gasteiger partial charge in [0.2, 0.25) is 0 Å². The van der Waals surface area contributed by atoms with Gasteiger partial charge in [-0.15, -0.1) is 10.2 Å². The summed E-state index contributed by atoms with van der Waals surface area (Å²) < 4.78 is 20.2. The second-order valence-electron chi connectivity index (χ2n) is 7.54. The van der Waals surface area contributed by atoms with E-state index in [0.29, 0.717) is 36.9 Å². The van der Waals surface area contributed by atoms with Crippen LogP contribution in [-0.4, -0.2) is 53.0 Å². The highest BCUT2D eigenvalue weighted by atomic mass is 19.1. The van der Waals surface area contributed by atoms with Crippen LogP contribution >= 0.6 is 0 Å². The zero-order chi connectivity index (χ0) is 19.0. The molecule has 1 atom stereocenters. The fourth-order valence-electron chi connectivity index (χ4n) is 4.03. The molecule has 6 nitrogen and oxygen atoms in total. The Morgan fingerprint density at radius 2 is 2.15 bits per heavy atom. The van der Waals surface area contributed by atoms with Crippen molar-refractivity contribution in [2.24, 2.45) is 0 Å². The summed E-state index contributed by atoms with van der Waals surface area (Å²) in [5.41, 5.74) is 2.94. The Morgan fingerprint density at radius 3 is 2.93 bits per heavy atom. The molecule has 4 rings (SSSR count). The smallest absolute Gasteiger partial charge is 0.152 e. The number of aromatic nitrogens is 2. The van der Waals surface area contributed by atoms with Gasteiger partial charge in [-0.2, -0.15) is 0 Å². The van der Waals surface area contributed by atoms with E-state index < -0.39 is 5.82 Å². The zero-order valence-corrected chi connectivity index (χ0v) is 15.8. The van der Waals surface area contributed by atoms with Crippen LogP contribution in [0.4, 0.5) is 10.2 Å². The average Bonchev–Trinajstić information content (AvgIpc) is 2.62. The van der Waals surface area contributed by atoms with E-state index in [-0.39, 0.29) is 11.3 Å². The summed E-state index contributed by atoms with van der Waals surface area (Å²) in [6.07, 6.45) is 2.93. The van der Waals surface area contributed by atoms with Gasteiger partial charge in [-0.25, -0.2) is 4.39 Å². The minimum absolute atomic E-state index is 0.0961. The molecule has 2 N–H and O–H groups in total. The van der Waals surface area contributed by atoms with Crippen LogP contribution < -0.4 is 5.32 Å². The second-order valence-corrected chi connectivity index (χ2v) is 7.54. The van der Waals surface area contributed by atoms with E-state index in [1.807, 2.05) is 0 Å². The van der Waals surface area contributed by atoms with Crippen LogP contribution in [0.3, 0.4) is 0 Å². The lowest BCUT2D eigenvalue weighted by Crippen LogP contribution is -2.40. The molecule has 0 aliphatic carbocycles. The maximum absolute atomic E-state index is 14.6. The van der Waals surface area contributed by atoms with Gasteiger partial charge in [-0.05, 0) is 57.5 Å². The van der Waals surface area contributed by atoms with E-state index >= 15 is 0 Å². The largest absolute Gasteiger partial charge is 0.507 e. The lowest BCUT2D eigenvalue weighted by atomic mass is 9.96. The molecule has 1 aromatic heterocycles. The minimum atomic E-state index is -0.496. The number of nitrogens with zero attached hydrogens (tertiary/aromatic N) is 3. The monoisotopic (exact) mass is 372 g/mol. The van der Waals surface area contributed by atoms with E-state index in [0.717, 1.165) is 42.9 Å². The first-order chi connectivity index (χ1) is 13.0. The molecule has 1 fully saturated rings. The predicted molar refractivity (Wildman–Crippen MR) is 101 cm³/mol. The number of likely N-dealkylation sites (N-methyl/N-ethyl adjacent to an activating group) is 1. The first kappa shape index (κ1) is 18.1. The summed E-state index contributed by atoms with van der Waals surface area (Å²) in [7, 11) is 2.12. The van der Waals surface area contributed by atoms with Crippen LogP contribution in [0.15, 0.2) is 12.1 Å². The molecule has 3 heterocycles. The maximum atomic E-state index is 14.6. The Kier molecular flexibility index (Phi) is 4.97. The number of halogens is 1. The molecule has 0 spiro atoms. The topological polar surface area (TPSA) is 70.5 Å². The van der Waals surface area contributed by atoms with Gasteiger partial charge in [0.25, 0.3) is 0 Å². The van der Waals surface area contributed by atoms with Crippen molar-refractivity contribution in [2.75, 3.05) is 32.1 Å². The van der Waals surface area contributed by atoms with Gasteiger partial charge < -0.3 is 20.1 Å². The van der Waals surface area contributed by atoms with Crippen molar-refractivity contribution in [1.29, 1.82) is 0 Å². The van der Waals surface area contributed by atoms with Crippen LogP contribution in [0.5, 0.6) is 5.75 Å². The van der Waals surface area contributed by atoms with Crippen molar-refractivity contribution < 1.29 is 14.2 Å². The number of nitrogens with one attached hydrogen (secondary N) is 1. The van der Waals surface area contributed by atoms with Crippen molar-refractivity contribution in [1.82, 2.24) is 15.1 Å². The molecule has 0 unspecified atom stereocenters. The van der Waals surface area contributed by atoms with Crippen LogP contribution in [0.2, 0.25) is 0 Å². The van der Waals surface area contributed by atoms with Crippen LogP contribution in [-0.2, 0) is 17.8 Å². The van der Waals surface area contributed by atoms with Crippen molar-refractivity contribution in [3.05, 3.63) is 34.6 Å². The van der Waals surface area contributed by atoms with Gasteiger partial charge in [0.15, 0.2) is 5.82 Å². The van der Waals surface area contributed by atoms with Gasteiger partial charge >= 0.3 is 0 Å². The van der Waals surface area contributed by atoms with Crippen molar-refractivity contribution >= 4 is 5.82 Å².